The molecule has 0 bridgehead atoms. The zero-order valence-corrected chi connectivity index (χ0v) is 8.76. The highest BCUT2D eigenvalue weighted by Gasteiger charge is 2.24. The van der Waals surface area contributed by atoms with E-state index in [9.17, 15) is 0 Å². The summed E-state index contributed by atoms with van der Waals surface area (Å²) in [7, 11) is 2.28. The van der Waals surface area contributed by atoms with Crippen LogP contribution in [0.15, 0.2) is 0 Å². The van der Waals surface area contributed by atoms with E-state index in [4.69, 9.17) is 0 Å². The molecule has 2 heterocycles. The molecule has 0 saturated carbocycles. The second-order valence-electron chi connectivity index (χ2n) is 4.66. The van der Waals surface area contributed by atoms with Crippen LogP contribution in [-0.4, -0.2) is 37.1 Å². The van der Waals surface area contributed by atoms with Crippen LogP contribution in [0, 0.1) is 0 Å². The van der Waals surface area contributed by atoms with Gasteiger partial charge in [-0.3, -0.25) is 0 Å². The third-order valence-electron chi connectivity index (χ3n) is 3.64. The van der Waals surface area contributed by atoms with E-state index in [0.717, 1.165) is 12.1 Å². The maximum absolute atomic E-state index is 3.64. The molecule has 1 unspecified atom stereocenters. The molecule has 76 valence electrons. The lowest BCUT2D eigenvalue weighted by Crippen LogP contribution is -2.39. The van der Waals surface area contributed by atoms with Crippen molar-refractivity contribution in [3.8, 4) is 0 Å². The molecule has 2 rings (SSSR count). The first kappa shape index (κ1) is 9.47. The highest BCUT2D eigenvalue weighted by molar-refractivity contribution is 4.83. The molecule has 0 amide bonds. The Hall–Kier alpha value is -0.0800. The van der Waals surface area contributed by atoms with Gasteiger partial charge in [0, 0.05) is 12.1 Å². The standard InChI is InChI=1S/C11H22N2/c1-13-8-4-6-11(13)9-10-5-2-3-7-12-10/h10-12H,2-9H2,1H3/t10?,11-/m1/s1. The summed E-state index contributed by atoms with van der Waals surface area (Å²) in [5.74, 6) is 0. The Morgan fingerprint density at radius 1 is 1.23 bits per heavy atom. The van der Waals surface area contributed by atoms with E-state index in [0.29, 0.717) is 0 Å². The molecule has 2 aliphatic heterocycles. The van der Waals surface area contributed by atoms with Gasteiger partial charge in [0.05, 0.1) is 0 Å². The molecule has 13 heavy (non-hydrogen) atoms. The van der Waals surface area contributed by atoms with Gasteiger partial charge in [-0.1, -0.05) is 6.42 Å². The average Bonchev–Trinajstić information content (AvgIpc) is 2.54. The molecule has 0 aromatic rings. The summed E-state index contributed by atoms with van der Waals surface area (Å²) in [6.07, 6.45) is 8.45. The number of nitrogens with one attached hydrogen (secondary N) is 1. The Kier molecular flexibility index (Phi) is 3.23. The maximum Gasteiger partial charge on any atom is 0.0107 e. The lowest BCUT2D eigenvalue weighted by molar-refractivity contribution is 0.252. The highest BCUT2D eigenvalue weighted by Crippen LogP contribution is 2.22. The fourth-order valence-corrected chi connectivity index (χ4v) is 2.73. The minimum Gasteiger partial charge on any atom is -0.314 e. The van der Waals surface area contributed by atoms with E-state index in [1.54, 1.807) is 0 Å². The molecule has 2 saturated heterocycles. The van der Waals surface area contributed by atoms with Crippen LogP contribution in [0.2, 0.25) is 0 Å². The second kappa shape index (κ2) is 4.43. The van der Waals surface area contributed by atoms with Gasteiger partial charge in [0.25, 0.3) is 0 Å². The number of nitrogens with zero attached hydrogens (tertiary/aromatic N) is 1. The first-order valence-corrected chi connectivity index (χ1v) is 5.80. The van der Waals surface area contributed by atoms with Gasteiger partial charge < -0.3 is 10.2 Å². The maximum atomic E-state index is 3.64. The molecule has 0 spiro atoms. The fraction of sp³-hybridized carbons (Fsp3) is 1.00. The van der Waals surface area contributed by atoms with Crippen LogP contribution in [0.3, 0.4) is 0 Å². The van der Waals surface area contributed by atoms with Crippen molar-refractivity contribution in [3.05, 3.63) is 0 Å². The van der Waals surface area contributed by atoms with Crippen LogP contribution in [-0.2, 0) is 0 Å². The van der Waals surface area contributed by atoms with E-state index in [-0.39, 0.29) is 0 Å². The van der Waals surface area contributed by atoms with Crippen LogP contribution >= 0.6 is 0 Å². The number of rotatable bonds is 2. The van der Waals surface area contributed by atoms with Crippen LogP contribution in [0.25, 0.3) is 0 Å². The monoisotopic (exact) mass is 182 g/mol. The molecule has 2 nitrogen and oxygen atoms in total. The molecule has 1 N–H and O–H groups in total. The van der Waals surface area contributed by atoms with E-state index in [1.165, 1.54) is 51.6 Å². The lowest BCUT2D eigenvalue weighted by Gasteiger charge is -2.28. The number of likely N-dealkylation sites (tertiary alicyclic amines) is 1. The number of hydrogen-bond acceptors (Lipinski definition) is 2. The summed E-state index contributed by atoms with van der Waals surface area (Å²) in [5.41, 5.74) is 0. The van der Waals surface area contributed by atoms with Gasteiger partial charge in [-0.15, -0.1) is 0 Å². The zero-order chi connectivity index (χ0) is 9.10. The molecule has 0 radical (unpaired) electrons. The fourth-order valence-electron chi connectivity index (χ4n) is 2.73. The summed E-state index contributed by atoms with van der Waals surface area (Å²) in [6, 6.07) is 1.69. The summed E-state index contributed by atoms with van der Waals surface area (Å²) >= 11 is 0. The SMILES string of the molecule is CN1CCC[C@@H]1CC1CCCCN1. The molecule has 0 aliphatic carbocycles. The Balaban J connectivity index is 1.75. The third-order valence-corrected chi connectivity index (χ3v) is 3.64. The molecule has 2 atom stereocenters. The van der Waals surface area contributed by atoms with Gasteiger partial charge >= 0.3 is 0 Å². The quantitative estimate of drug-likeness (QED) is 0.698. The van der Waals surface area contributed by atoms with Crippen molar-refractivity contribution in [1.29, 1.82) is 0 Å². The predicted octanol–water partition coefficient (Wildman–Crippen LogP) is 1.61. The molecule has 2 fully saturated rings. The van der Waals surface area contributed by atoms with E-state index >= 15 is 0 Å². The minimum atomic E-state index is 0.819. The third kappa shape index (κ3) is 2.44. The van der Waals surface area contributed by atoms with E-state index in [1.807, 2.05) is 0 Å². The normalized spacial score (nSPS) is 36.7. The Morgan fingerprint density at radius 2 is 2.15 bits per heavy atom. The number of hydrogen-bond donors (Lipinski definition) is 1. The van der Waals surface area contributed by atoms with Gasteiger partial charge in [0.2, 0.25) is 0 Å². The molecule has 0 aromatic heterocycles. The Labute approximate surface area is 81.7 Å². The largest absolute Gasteiger partial charge is 0.314 e. The van der Waals surface area contributed by atoms with Gasteiger partial charge in [-0.05, 0) is 52.2 Å². The molecule has 2 aliphatic rings. The van der Waals surface area contributed by atoms with Crippen molar-refractivity contribution in [2.24, 2.45) is 0 Å². The van der Waals surface area contributed by atoms with Crippen molar-refractivity contribution in [1.82, 2.24) is 10.2 Å². The van der Waals surface area contributed by atoms with Crippen molar-refractivity contribution < 1.29 is 0 Å². The lowest BCUT2D eigenvalue weighted by atomic mass is 9.97. The van der Waals surface area contributed by atoms with Gasteiger partial charge in [-0.2, -0.15) is 0 Å². The van der Waals surface area contributed by atoms with Crippen molar-refractivity contribution in [2.45, 2.75) is 50.6 Å². The van der Waals surface area contributed by atoms with Gasteiger partial charge in [0.15, 0.2) is 0 Å². The van der Waals surface area contributed by atoms with Crippen LogP contribution < -0.4 is 5.32 Å². The topological polar surface area (TPSA) is 15.3 Å². The summed E-state index contributed by atoms with van der Waals surface area (Å²) in [5, 5.41) is 3.64. The molecular weight excluding hydrogens is 160 g/mol. The van der Waals surface area contributed by atoms with Crippen molar-refractivity contribution >= 4 is 0 Å². The van der Waals surface area contributed by atoms with Gasteiger partial charge in [0.1, 0.15) is 0 Å². The van der Waals surface area contributed by atoms with Crippen LogP contribution in [0.5, 0.6) is 0 Å². The Bertz CT molecular complexity index is 152. The van der Waals surface area contributed by atoms with Crippen LogP contribution in [0.4, 0.5) is 0 Å². The zero-order valence-electron chi connectivity index (χ0n) is 8.76. The van der Waals surface area contributed by atoms with E-state index in [2.05, 4.69) is 17.3 Å². The van der Waals surface area contributed by atoms with Crippen molar-refractivity contribution in [3.63, 3.8) is 0 Å². The second-order valence-corrected chi connectivity index (χ2v) is 4.66. The van der Waals surface area contributed by atoms with E-state index < -0.39 is 0 Å². The Morgan fingerprint density at radius 3 is 2.77 bits per heavy atom. The first-order valence-electron chi connectivity index (χ1n) is 5.80. The minimum absolute atomic E-state index is 0.819. The van der Waals surface area contributed by atoms with Gasteiger partial charge in [-0.25, -0.2) is 0 Å². The van der Waals surface area contributed by atoms with Crippen LogP contribution in [0.1, 0.15) is 38.5 Å². The molecule has 2 heteroatoms. The summed E-state index contributed by atoms with van der Waals surface area (Å²) < 4.78 is 0. The first-order chi connectivity index (χ1) is 6.36. The number of piperidine rings is 1. The summed E-state index contributed by atoms with van der Waals surface area (Å²) in [4.78, 5) is 2.54. The highest BCUT2D eigenvalue weighted by atomic mass is 15.1. The summed E-state index contributed by atoms with van der Waals surface area (Å²) in [6.45, 7) is 2.57. The predicted molar refractivity (Wildman–Crippen MR) is 55.9 cm³/mol. The average molecular weight is 182 g/mol. The smallest absolute Gasteiger partial charge is 0.0107 e. The molecule has 0 aromatic carbocycles. The van der Waals surface area contributed by atoms with Crippen molar-refractivity contribution in [2.75, 3.05) is 20.1 Å². The molecular formula is C11H22N2.